The van der Waals surface area contributed by atoms with Crippen LogP contribution >= 0.6 is 11.6 Å². The summed E-state index contributed by atoms with van der Waals surface area (Å²) in [4.78, 5) is 22.8. The average Bonchev–Trinajstić information content (AvgIpc) is 2.92. The Bertz CT molecular complexity index is 698. The van der Waals surface area contributed by atoms with E-state index in [1.54, 1.807) is 25.1 Å². The standard InChI is InChI=1S/C13H13ClN4O3/c1-7-3-4-9(5-10(7)14)15-12(19)8(2)18-6-11(13(20)21)16-17-18/h3-6,8H,1-2H3,(H,15,19)(H,20,21). The lowest BCUT2D eigenvalue weighted by Crippen LogP contribution is -2.24. The molecular weight excluding hydrogens is 296 g/mol. The lowest BCUT2D eigenvalue weighted by Gasteiger charge is -2.12. The number of carboxylic acid groups (broad SMARTS) is 1. The molecule has 0 aliphatic heterocycles. The summed E-state index contributed by atoms with van der Waals surface area (Å²) < 4.78 is 1.19. The fraction of sp³-hybridized carbons (Fsp3) is 0.231. The van der Waals surface area contributed by atoms with Crippen LogP contribution in [0.3, 0.4) is 0 Å². The third-order valence-corrected chi connectivity index (χ3v) is 3.35. The Labute approximate surface area is 125 Å². The summed E-state index contributed by atoms with van der Waals surface area (Å²) in [6, 6.07) is 4.47. The van der Waals surface area contributed by atoms with Crippen LogP contribution in [0.15, 0.2) is 24.4 Å². The number of halogens is 1. The van der Waals surface area contributed by atoms with Gasteiger partial charge in [0, 0.05) is 10.7 Å². The summed E-state index contributed by atoms with van der Waals surface area (Å²) in [5.74, 6) is -1.55. The minimum atomic E-state index is -1.20. The van der Waals surface area contributed by atoms with Gasteiger partial charge < -0.3 is 10.4 Å². The molecule has 1 heterocycles. The zero-order valence-corrected chi connectivity index (χ0v) is 12.1. The number of aromatic carboxylic acids is 1. The van der Waals surface area contributed by atoms with Crippen molar-refractivity contribution in [1.29, 1.82) is 0 Å². The van der Waals surface area contributed by atoms with Crippen LogP contribution in [0.1, 0.15) is 29.0 Å². The second-order valence-electron chi connectivity index (χ2n) is 4.52. The molecule has 2 rings (SSSR count). The molecule has 1 amide bonds. The van der Waals surface area contributed by atoms with E-state index in [-0.39, 0.29) is 11.6 Å². The molecule has 1 atom stereocenters. The van der Waals surface area contributed by atoms with Gasteiger partial charge in [-0.1, -0.05) is 22.9 Å². The summed E-state index contributed by atoms with van der Waals surface area (Å²) in [6.07, 6.45) is 1.20. The number of nitrogens with one attached hydrogen (secondary N) is 1. The molecule has 1 aromatic heterocycles. The van der Waals surface area contributed by atoms with Gasteiger partial charge >= 0.3 is 5.97 Å². The smallest absolute Gasteiger partial charge is 0.358 e. The van der Waals surface area contributed by atoms with Gasteiger partial charge in [-0.2, -0.15) is 0 Å². The molecule has 0 spiro atoms. The number of carbonyl (C=O) groups is 2. The second kappa shape index (κ2) is 5.92. The summed E-state index contributed by atoms with van der Waals surface area (Å²) in [6.45, 7) is 3.45. The third-order valence-electron chi connectivity index (χ3n) is 2.95. The molecular formula is C13H13ClN4O3. The number of carboxylic acids is 1. The molecule has 7 nitrogen and oxygen atoms in total. The number of hydrogen-bond acceptors (Lipinski definition) is 4. The van der Waals surface area contributed by atoms with Gasteiger partial charge in [-0.25, -0.2) is 9.48 Å². The molecule has 0 saturated heterocycles. The zero-order valence-electron chi connectivity index (χ0n) is 11.4. The summed E-state index contributed by atoms with van der Waals surface area (Å²) in [5.41, 5.74) is 1.25. The normalized spacial score (nSPS) is 12.0. The lowest BCUT2D eigenvalue weighted by atomic mass is 10.2. The number of amides is 1. The van der Waals surface area contributed by atoms with Crippen LogP contribution in [-0.4, -0.2) is 32.0 Å². The first-order chi connectivity index (χ1) is 9.88. The molecule has 110 valence electrons. The van der Waals surface area contributed by atoms with Gasteiger partial charge in [0.1, 0.15) is 6.04 Å². The molecule has 2 aromatic rings. The van der Waals surface area contributed by atoms with E-state index in [4.69, 9.17) is 16.7 Å². The number of hydrogen-bond donors (Lipinski definition) is 2. The molecule has 2 N–H and O–H groups in total. The van der Waals surface area contributed by atoms with Gasteiger partial charge in [0.25, 0.3) is 0 Å². The van der Waals surface area contributed by atoms with E-state index in [0.717, 1.165) is 5.56 Å². The largest absolute Gasteiger partial charge is 0.476 e. The predicted molar refractivity (Wildman–Crippen MR) is 76.5 cm³/mol. The van der Waals surface area contributed by atoms with Crippen LogP contribution in [0, 0.1) is 6.92 Å². The highest BCUT2D eigenvalue weighted by Crippen LogP contribution is 2.20. The maximum atomic E-state index is 12.1. The number of aryl methyl sites for hydroxylation is 1. The van der Waals surface area contributed by atoms with Gasteiger partial charge in [-0.3, -0.25) is 4.79 Å². The first kappa shape index (κ1) is 15.0. The quantitative estimate of drug-likeness (QED) is 0.902. The van der Waals surface area contributed by atoms with Crippen molar-refractivity contribution < 1.29 is 14.7 Å². The molecule has 21 heavy (non-hydrogen) atoms. The second-order valence-corrected chi connectivity index (χ2v) is 4.93. The first-order valence-corrected chi connectivity index (χ1v) is 6.48. The molecule has 1 aromatic carbocycles. The summed E-state index contributed by atoms with van der Waals surface area (Å²) >= 11 is 5.99. The van der Waals surface area contributed by atoms with E-state index in [2.05, 4.69) is 15.6 Å². The SMILES string of the molecule is Cc1ccc(NC(=O)C(C)n2cc(C(=O)O)nn2)cc1Cl. The van der Waals surface area contributed by atoms with Crippen molar-refractivity contribution in [2.24, 2.45) is 0 Å². The summed E-state index contributed by atoms with van der Waals surface area (Å²) in [7, 11) is 0. The molecule has 0 aliphatic carbocycles. The van der Waals surface area contributed by atoms with Crippen molar-refractivity contribution in [3.63, 3.8) is 0 Å². The number of anilines is 1. The highest BCUT2D eigenvalue weighted by Gasteiger charge is 2.19. The van der Waals surface area contributed by atoms with Crippen LogP contribution in [0.25, 0.3) is 0 Å². The van der Waals surface area contributed by atoms with Gasteiger partial charge in [-0.05, 0) is 31.5 Å². The Morgan fingerprint density at radius 1 is 1.43 bits per heavy atom. The maximum absolute atomic E-state index is 12.1. The van der Waals surface area contributed by atoms with Crippen LogP contribution in [0.5, 0.6) is 0 Å². The lowest BCUT2D eigenvalue weighted by molar-refractivity contribution is -0.119. The number of rotatable bonds is 4. The zero-order chi connectivity index (χ0) is 15.6. The topological polar surface area (TPSA) is 97.1 Å². The van der Waals surface area contributed by atoms with Crippen molar-refractivity contribution >= 4 is 29.2 Å². The van der Waals surface area contributed by atoms with Crippen LogP contribution in [0.4, 0.5) is 5.69 Å². The third kappa shape index (κ3) is 3.38. The Morgan fingerprint density at radius 2 is 2.14 bits per heavy atom. The maximum Gasteiger partial charge on any atom is 0.358 e. The van der Waals surface area contributed by atoms with Crippen LogP contribution < -0.4 is 5.32 Å². The number of benzene rings is 1. The average molecular weight is 309 g/mol. The van der Waals surface area contributed by atoms with E-state index < -0.39 is 12.0 Å². The molecule has 0 radical (unpaired) electrons. The minimum Gasteiger partial charge on any atom is -0.476 e. The van der Waals surface area contributed by atoms with Gasteiger partial charge in [0.15, 0.2) is 5.69 Å². The molecule has 0 bridgehead atoms. The fourth-order valence-corrected chi connectivity index (χ4v) is 1.78. The Morgan fingerprint density at radius 3 is 2.71 bits per heavy atom. The molecule has 1 unspecified atom stereocenters. The van der Waals surface area contributed by atoms with Crippen molar-refractivity contribution in [3.8, 4) is 0 Å². The minimum absolute atomic E-state index is 0.215. The first-order valence-electron chi connectivity index (χ1n) is 6.10. The fourth-order valence-electron chi connectivity index (χ4n) is 1.60. The van der Waals surface area contributed by atoms with Crippen molar-refractivity contribution in [2.45, 2.75) is 19.9 Å². The molecule has 0 fully saturated rings. The Balaban J connectivity index is 2.11. The van der Waals surface area contributed by atoms with E-state index >= 15 is 0 Å². The van der Waals surface area contributed by atoms with E-state index in [1.807, 2.05) is 6.92 Å². The van der Waals surface area contributed by atoms with E-state index in [1.165, 1.54) is 10.9 Å². The van der Waals surface area contributed by atoms with Crippen molar-refractivity contribution in [3.05, 3.63) is 40.7 Å². The van der Waals surface area contributed by atoms with Crippen molar-refractivity contribution in [2.75, 3.05) is 5.32 Å². The highest BCUT2D eigenvalue weighted by molar-refractivity contribution is 6.31. The highest BCUT2D eigenvalue weighted by atomic mass is 35.5. The van der Waals surface area contributed by atoms with Gasteiger partial charge in [0.05, 0.1) is 6.20 Å². The number of carbonyl (C=O) groups excluding carboxylic acids is 1. The summed E-state index contributed by atoms with van der Waals surface area (Å²) in [5, 5.41) is 19.1. The Kier molecular flexibility index (Phi) is 4.23. The molecule has 8 heteroatoms. The molecule has 0 aliphatic rings. The molecule has 0 saturated carbocycles. The number of nitrogens with zero attached hydrogens (tertiary/aromatic N) is 3. The van der Waals surface area contributed by atoms with Gasteiger partial charge in [-0.15, -0.1) is 5.10 Å². The van der Waals surface area contributed by atoms with E-state index in [9.17, 15) is 9.59 Å². The number of aromatic nitrogens is 3. The van der Waals surface area contributed by atoms with E-state index in [0.29, 0.717) is 10.7 Å². The monoisotopic (exact) mass is 308 g/mol. The van der Waals surface area contributed by atoms with Gasteiger partial charge in [0.2, 0.25) is 5.91 Å². The Hall–Kier alpha value is -2.41. The van der Waals surface area contributed by atoms with Crippen LogP contribution in [-0.2, 0) is 4.79 Å². The van der Waals surface area contributed by atoms with Crippen molar-refractivity contribution in [1.82, 2.24) is 15.0 Å². The van der Waals surface area contributed by atoms with Crippen LogP contribution in [0.2, 0.25) is 5.02 Å². The predicted octanol–water partition coefficient (Wildman–Crippen LogP) is 2.14.